The first-order chi connectivity index (χ1) is 23.5. The monoisotopic (exact) mass is 717 g/mol. The lowest BCUT2D eigenvalue weighted by Crippen LogP contribution is -2.46. The van der Waals surface area contributed by atoms with E-state index in [1.165, 1.54) is 116 Å². The van der Waals surface area contributed by atoms with E-state index >= 15 is 0 Å². The van der Waals surface area contributed by atoms with Gasteiger partial charge in [0.25, 0.3) is 7.82 Å². The molecule has 0 aliphatic heterocycles. The van der Waals surface area contributed by atoms with E-state index in [-0.39, 0.29) is 19.1 Å². The number of amides is 1. The molecule has 3 atom stereocenters. The lowest BCUT2D eigenvalue weighted by atomic mass is 10.0. The van der Waals surface area contributed by atoms with Crippen molar-refractivity contribution in [2.24, 2.45) is 0 Å². The number of hydrogen-bond donors (Lipinski definition) is 2. The average molecular weight is 717 g/mol. The maximum absolute atomic E-state index is 12.8. The van der Waals surface area contributed by atoms with Crippen LogP contribution in [0, 0.1) is 0 Å². The van der Waals surface area contributed by atoms with Crippen LogP contribution in [0.15, 0.2) is 12.2 Å². The molecule has 2 N–H and O–H groups in total. The van der Waals surface area contributed by atoms with Gasteiger partial charge in [-0.1, -0.05) is 154 Å². The summed E-state index contributed by atoms with van der Waals surface area (Å²) < 4.78 is 23.2. The van der Waals surface area contributed by atoms with Gasteiger partial charge in [-0.15, -0.1) is 0 Å². The number of hydrogen-bond acceptors (Lipinski definition) is 6. The van der Waals surface area contributed by atoms with Crippen molar-refractivity contribution in [3.05, 3.63) is 12.2 Å². The zero-order valence-electron chi connectivity index (χ0n) is 32.9. The van der Waals surface area contributed by atoms with Crippen LogP contribution in [0.5, 0.6) is 0 Å². The average Bonchev–Trinajstić information content (AvgIpc) is 3.04. The van der Waals surface area contributed by atoms with E-state index < -0.39 is 20.0 Å². The minimum Gasteiger partial charge on any atom is -0.756 e. The van der Waals surface area contributed by atoms with Crippen LogP contribution >= 0.6 is 7.82 Å². The second-order valence-electron chi connectivity index (χ2n) is 15.3. The molecule has 0 saturated heterocycles. The van der Waals surface area contributed by atoms with E-state index in [1.54, 1.807) is 0 Å². The van der Waals surface area contributed by atoms with Gasteiger partial charge in [0.2, 0.25) is 5.91 Å². The van der Waals surface area contributed by atoms with Crippen LogP contribution in [0.1, 0.15) is 187 Å². The molecule has 1 unspecified atom stereocenters. The lowest BCUT2D eigenvalue weighted by Gasteiger charge is -2.30. The smallest absolute Gasteiger partial charge is 0.268 e. The Hall–Kier alpha value is -0.760. The Morgan fingerprint density at radius 1 is 0.694 bits per heavy atom. The van der Waals surface area contributed by atoms with Crippen molar-refractivity contribution in [1.82, 2.24) is 5.32 Å². The molecule has 0 aromatic heterocycles. The highest BCUT2D eigenvalue weighted by Crippen LogP contribution is 2.38. The van der Waals surface area contributed by atoms with Crippen LogP contribution in [0.25, 0.3) is 0 Å². The maximum atomic E-state index is 12.8. The fourth-order valence-electron chi connectivity index (χ4n) is 5.92. The summed E-state index contributed by atoms with van der Waals surface area (Å²) in [6.45, 7) is 4.69. The van der Waals surface area contributed by atoms with Gasteiger partial charge >= 0.3 is 0 Å². The van der Waals surface area contributed by atoms with E-state index in [1.807, 2.05) is 21.1 Å². The normalized spacial score (nSPS) is 14.7. The molecule has 0 aliphatic rings. The number of unbranched alkanes of at least 4 members (excludes halogenated alkanes) is 22. The highest BCUT2D eigenvalue weighted by Gasteiger charge is 2.24. The number of quaternary nitrogens is 1. The first kappa shape index (κ1) is 48.2. The topological polar surface area (TPSA) is 108 Å². The van der Waals surface area contributed by atoms with Crippen molar-refractivity contribution in [3.8, 4) is 0 Å². The van der Waals surface area contributed by atoms with Gasteiger partial charge in [0.1, 0.15) is 13.2 Å². The minimum atomic E-state index is -4.56. The summed E-state index contributed by atoms with van der Waals surface area (Å²) in [5.74, 6) is -0.175. The van der Waals surface area contributed by atoms with E-state index in [0.717, 1.165) is 44.9 Å². The molecule has 1 amide bonds. The summed E-state index contributed by atoms with van der Waals surface area (Å²) in [6, 6.07) is -0.809. The summed E-state index contributed by atoms with van der Waals surface area (Å²) in [5, 5.41) is 13.8. The molecular formula is C40H81N2O6P. The van der Waals surface area contributed by atoms with E-state index in [9.17, 15) is 19.4 Å². The standard InChI is InChI=1S/C40H81N2O6P/c1-6-8-10-12-14-16-18-20-22-23-25-27-29-31-33-39(43)38(37-48-49(45,46)47-36-35-42(3,4)5)41-40(44)34-32-30-28-26-24-21-19-17-15-13-11-9-7-2/h23,25,38-39,43H,6-22,24,26-37H2,1-5H3,(H-,41,44,45,46)/b25-23+/t38-,39+/m0/s1. The zero-order chi connectivity index (χ0) is 36.5. The first-order valence-electron chi connectivity index (χ1n) is 20.5. The van der Waals surface area contributed by atoms with Crippen molar-refractivity contribution in [2.75, 3.05) is 40.9 Å². The van der Waals surface area contributed by atoms with Gasteiger partial charge in [-0.25, -0.2) is 0 Å². The Labute approximate surface area is 303 Å². The number of nitrogens with zero attached hydrogens (tertiary/aromatic N) is 1. The molecule has 0 heterocycles. The first-order valence-corrected chi connectivity index (χ1v) is 22.0. The van der Waals surface area contributed by atoms with Crippen LogP contribution in [-0.2, 0) is 18.4 Å². The number of carbonyl (C=O) groups is 1. The minimum absolute atomic E-state index is 0.00939. The molecule has 0 spiro atoms. The maximum Gasteiger partial charge on any atom is 0.268 e. The Morgan fingerprint density at radius 3 is 1.59 bits per heavy atom. The number of aliphatic hydroxyl groups is 1. The van der Waals surface area contributed by atoms with Crippen molar-refractivity contribution >= 4 is 13.7 Å². The lowest BCUT2D eigenvalue weighted by molar-refractivity contribution is -0.870. The van der Waals surface area contributed by atoms with Gasteiger partial charge in [-0.2, -0.15) is 0 Å². The molecule has 0 bridgehead atoms. The summed E-state index contributed by atoms with van der Waals surface area (Å²) in [5.41, 5.74) is 0. The Balaban J connectivity index is 4.46. The second-order valence-corrected chi connectivity index (χ2v) is 16.8. The molecule has 0 rings (SSSR count). The highest BCUT2D eigenvalue weighted by molar-refractivity contribution is 7.45. The van der Waals surface area contributed by atoms with Crippen molar-refractivity contribution < 1.29 is 32.9 Å². The summed E-state index contributed by atoms with van der Waals surface area (Å²) in [7, 11) is 1.29. The number of likely N-dealkylation sites (N-methyl/N-ethyl adjacent to an activating group) is 1. The fraction of sp³-hybridized carbons (Fsp3) is 0.925. The number of allylic oxidation sites excluding steroid dienone is 2. The summed E-state index contributed by atoms with van der Waals surface area (Å²) in [4.78, 5) is 25.2. The summed E-state index contributed by atoms with van der Waals surface area (Å²) in [6.07, 6.45) is 34.9. The third kappa shape index (κ3) is 35.4. The van der Waals surface area contributed by atoms with E-state index in [0.29, 0.717) is 23.9 Å². The molecule has 292 valence electrons. The van der Waals surface area contributed by atoms with Gasteiger partial charge < -0.3 is 28.8 Å². The van der Waals surface area contributed by atoms with Crippen LogP contribution in [0.3, 0.4) is 0 Å². The molecular weight excluding hydrogens is 635 g/mol. The molecule has 0 aliphatic carbocycles. The zero-order valence-corrected chi connectivity index (χ0v) is 33.8. The van der Waals surface area contributed by atoms with E-state index in [2.05, 4.69) is 31.3 Å². The predicted octanol–water partition coefficient (Wildman–Crippen LogP) is 10.2. The van der Waals surface area contributed by atoms with Crippen LogP contribution in [-0.4, -0.2) is 68.5 Å². The number of phosphoric acid groups is 1. The van der Waals surface area contributed by atoms with Crippen molar-refractivity contribution in [1.29, 1.82) is 0 Å². The van der Waals surface area contributed by atoms with Gasteiger partial charge in [-0.3, -0.25) is 9.36 Å². The number of aliphatic hydroxyl groups excluding tert-OH is 1. The SMILES string of the molecule is CCCCCCCCCC/C=C/CCCC[C@@H](O)[C@H](COP(=O)([O-])OCC[N+](C)(C)C)NC(=O)CCCCCCCCCCCCCCC. The molecule has 0 fully saturated rings. The second kappa shape index (κ2) is 33.1. The number of rotatable bonds is 37. The van der Waals surface area contributed by atoms with Crippen LogP contribution in [0.2, 0.25) is 0 Å². The number of nitrogens with one attached hydrogen (secondary N) is 1. The molecule has 0 radical (unpaired) electrons. The predicted molar refractivity (Wildman–Crippen MR) is 205 cm³/mol. The third-order valence-electron chi connectivity index (χ3n) is 9.25. The van der Waals surface area contributed by atoms with Crippen molar-refractivity contribution in [2.45, 2.75) is 199 Å². The van der Waals surface area contributed by atoms with Crippen LogP contribution < -0.4 is 10.2 Å². The molecule has 0 saturated carbocycles. The molecule has 8 nitrogen and oxygen atoms in total. The van der Waals surface area contributed by atoms with Crippen molar-refractivity contribution in [3.63, 3.8) is 0 Å². The quantitative estimate of drug-likeness (QED) is 0.0287. The third-order valence-corrected chi connectivity index (χ3v) is 10.2. The van der Waals surface area contributed by atoms with Gasteiger partial charge in [0.05, 0.1) is 39.9 Å². The Morgan fingerprint density at radius 2 is 1.12 bits per heavy atom. The van der Waals surface area contributed by atoms with E-state index in [4.69, 9.17) is 9.05 Å². The Bertz CT molecular complexity index is 819. The highest BCUT2D eigenvalue weighted by atomic mass is 31.2. The largest absolute Gasteiger partial charge is 0.756 e. The molecule has 0 aromatic carbocycles. The number of carbonyl (C=O) groups excluding carboxylic acids is 1. The molecule has 49 heavy (non-hydrogen) atoms. The summed E-state index contributed by atoms with van der Waals surface area (Å²) >= 11 is 0. The fourth-order valence-corrected chi connectivity index (χ4v) is 6.64. The van der Waals surface area contributed by atoms with Gasteiger partial charge in [0.15, 0.2) is 0 Å². The van der Waals surface area contributed by atoms with Gasteiger partial charge in [-0.05, 0) is 38.5 Å². The number of phosphoric ester groups is 1. The van der Waals surface area contributed by atoms with Gasteiger partial charge in [0, 0.05) is 6.42 Å². The Kier molecular flexibility index (Phi) is 32.6. The molecule has 9 heteroatoms. The van der Waals surface area contributed by atoms with Crippen LogP contribution in [0.4, 0.5) is 0 Å². The molecule has 0 aromatic rings.